The van der Waals surface area contributed by atoms with Gasteiger partial charge in [-0.25, -0.2) is 9.78 Å². The maximum absolute atomic E-state index is 13.5. The third-order valence-electron chi connectivity index (χ3n) is 6.59. The number of amidine groups is 1. The van der Waals surface area contributed by atoms with Crippen molar-refractivity contribution in [2.24, 2.45) is 5.73 Å². The van der Waals surface area contributed by atoms with Crippen molar-refractivity contribution in [1.82, 2.24) is 20.2 Å². The molecule has 0 spiro atoms. The van der Waals surface area contributed by atoms with Crippen molar-refractivity contribution < 1.29 is 55.7 Å². The lowest BCUT2D eigenvalue weighted by atomic mass is 10.1. The van der Waals surface area contributed by atoms with Crippen LogP contribution in [0.4, 0.5) is 37.8 Å². The normalized spacial score (nSPS) is 10.3. The summed E-state index contributed by atoms with van der Waals surface area (Å²) in [6, 6.07) is 21.2. The number of carbonyl (C=O) groups excluding carboxylic acids is 2. The molecule has 56 heavy (non-hydrogen) atoms. The van der Waals surface area contributed by atoms with E-state index < -0.39 is 30.3 Å². The van der Waals surface area contributed by atoms with Gasteiger partial charge in [0, 0.05) is 41.5 Å². The third kappa shape index (κ3) is 17.3. The predicted octanol–water partition coefficient (Wildman–Crippen LogP) is 4.36. The zero-order valence-electron chi connectivity index (χ0n) is 29.6. The van der Waals surface area contributed by atoms with E-state index in [9.17, 15) is 40.7 Å². The van der Waals surface area contributed by atoms with Gasteiger partial charge < -0.3 is 37.6 Å². The van der Waals surface area contributed by atoms with E-state index in [1.54, 1.807) is 42.5 Å². The van der Waals surface area contributed by atoms with Crippen molar-refractivity contribution in [1.29, 1.82) is 5.41 Å². The SMILES string of the molecule is CC(C)Nc1ncc(-c2cc(N)cc(C(=O)NCc3ccccc3)c2)n(CC(=O)NCc2ccc(C(=N)N)cc2)c1=O.FC(F)F.O=C(O)C(F)(F)F.O=CO. The molecule has 0 unspecified atom stereocenters. The first-order chi connectivity index (χ1) is 26.2. The molecule has 1 heterocycles. The highest BCUT2D eigenvalue weighted by Gasteiger charge is 2.38. The number of benzene rings is 3. The summed E-state index contributed by atoms with van der Waals surface area (Å²) in [5.41, 5.74) is 14.9. The van der Waals surface area contributed by atoms with Crippen LogP contribution in [0.15, 0.2) is 83.8 Å². The van der Waals surface area contributed by atoms with Crippen LogP contribution in [0, 0.1) is 5.41 Å². The Morgan fingerprint density at radius 2 is 1.45 bits per heavy atom. The van der Waals surface area contributed by atoms with Crippen molar-refractivity contribution in [2.75, 3.05) is 11.1 Å². The molecule has 0 bridgehead atoms. The molecular weight excluding hydrogens is 758 g/mol. The topological polar surface area (TPSA) is 256 Å². The summed E-state index contributed by atoms with van der Waals surface area (Å²) in [5, 5.41) is 30.2. The summed E-state index contributed by atoms with van der Waals surface area (Å²) in [6.07, 6.45) is -3.60. The zero-order chi connectivity index (χ0) is 42.6. The number of rotatable bonds is 11. The number of carboxylic acid groups (broad SMARTS) is 2. The van der Waals surface area contributed by atoms with E-state index in [0.29, 0.717) is 34.6 Å². The third-order valence-corrected chi connectivity index (χ3v) is 6.59. The van der Waals surface area contributed by atoms with Gasteiger partial charge in [0.2, 0.25) is 5.91 Å². The van der Waals surface area contributed by atoms with E-state index in [4.69, 9.17) is 36.7 Å². The zero-order valence-corrected chi connectivity index (χ0v) is 29.6. The minimum Gasteiger partial charge on any atom is -0.483 e. The summed E-state index contributed by atoms with van der Waals surface area (Å²) < 4.78 is 62.0. The molecule has 0 radical (unpaired) electrons. The van der Waals surface area contributed by atoms with Gasteiger partial charge in [-0.2, -0.15) is 26.3 Å². The number of carboxylic acids is 1. The molecular formula is C35H38F6N8O7. The van der Waals surface area contributed by atoms with Crippen molar-refractivity contribution in [2.45, 2.75) is 52.4 Å². The number of nitrogen functional groups attached to an aromatic ring is 2. The lowest BCUT2D eigenvalue weighted by Crippen LogP contribution is -2.35. The summed E-state index contributed by atoms with van der Waals surface area (Å²) in [6.45, 7) is 0.0965. The lowest BCUT2D eigenvalue weighted by Gasteiger charge is -2.17. The largest absolute Gasteiger partial charge is 0.490 e. The number of halogens is 6. The molecule has 4 rings (SSSR count). The van der Waals surface area contributed by atoms with E-state index >= 15 is 0 Å². The van der Waals surface area contributed by atoms with Crippen LogP contribution in [0.5, 0.6) is 0 Å². The van der Waals surface area contributed by atoms with Crippen molar-refractivity contribution >= 4 is 41.6 Å². The molecule has 0 saturated heterocycles. The van der Waals surface area contributed by atoms with Gasteiger partial charge in [-0.15, -0.1) is 0 Å². The highest BCUT2D eigenvalue weighted by atomic mass is 19.4. The standard InChI is InChI=1S/C31H34N8O3.C2HF3O2.CHF3.CH2O2/c1-19(2)38-29-31(42)39(18-27(40)35-15-21-8-10-22(11-9-21)28(33)34)26(17-36-29)23-12-24(14-25(32)13-23)30(41)37-16-20-6-4-3-5-7-20;3-2(4,5)1(6)7;2-1(3)4;2-1-3/h3-14,17,19H,15-16,18,32H2,1-2H3,(H3,33,34)(H,35,40)(H,36,38)(H,37,41);(H,6,7);1H;1H,(H,2,3). The van der Waals surface area contributed by atoms with Crippen molar-refractivity contribution in [3.63, 3.8) is 0 Å². The van der Waals surface area contributed by atoms with Crippen LogP contribution in [0.1, 0.15) is 40.9 Å². The molecule has 0 aliphatic heterocycles. The Kier molecular flexibility index (Phi) is 19.3. The molecule has 1 aromatic heterocycles. The fourth-order valence-corrected chi connectivity index (χ4v) is 4.26. The number of amides is 2. The first kappa shape index (κ1) is 47.1. The second-order valence-electron chi connectivity index (χ2n) is 11.2. The monoisotopic (exact) mass is 796 g/mol. The van der Waals surface area contributed by atoms with Crippen molar-refractivity contribution in [3.8, 4) is 11.3 Å². The van der Waals surface area contributed by atoms with Crippen LogP contribution in [0.3, 0.4) is 0 Å². The Labute approximate surface area is 314 Å². The summed E-state index contributed by atoms with van der Waals surface area (Å²) in [4.78, 5) is 61.1. The highest BCUT2D eigenvalue weighted by molar-refractivity contribution is 5.96. The maximum Gasteiger partial charge on any atom is 0.490 e. The van der Waals surface area contributed by atoms with Gasteiger partial charge in [0.25, 0.3) is 17.9 Å². The van der Waals surface area contributed by atoms with Gasteiger partial charge in [-0.1, -0.05) is 54.6 Å². The number of hydrogen-bond acceptors (Lipinski definition) is 9. The van der Waals surface area contributed by atoms with Crippen LogP contribution >= 0.6 is 0 Å². The molecule has 0 aliphatic rings. The summed E-state index contributed by atoms with van der Waals surface area (Å²) >= 11 is 0. The molecule has 0 fully saturated rings. The van der Waals surface area contributed by atoms with E-state index in [1.165, 1.54) is 10.8 Å². The van der Waals surface area contributed by atoms with Gasteiger partial charge in [-0.05, 0) is 43.2 Å². The molecule has 2 amide bonds. The number of aromatic nitrogens is 2. The molecule has 0 aliphatic carbocycles. The number of carbonyl (C=O) groups is 4. The maximum atomic E-state index is 13.5. The molecule has 10 N–H and O–H groups in total. The number of aliphatic carboxylic acids is 1. The van der Waals surface area contributed by atoms with E-state index in [-0.39, 0.29) is 43.2 Å². The number of hydrogen-bond donors (Lipinski definition) is 8. The minimum atomic E-state index is -5.08. The first-order valence-corrected chi connectivity index (χ1v) is 15.8. The predicted molar refractivity (Wildman–Crippen MR) is 194 cm³/mol. The molecule has 302 valence electrons. The minimum absolute atomic E-state index is 0.0422. The highest BCUT2D eigenvalue weighted by Crippen LogP contribution is 2.24. The number of nitrogens with two attached hydrogens (primary N) is 2. The van der Waals surface area contributed by atoms with E-state index in [1.807, 2.05) is 44.2 Å². The van der Waals surface area contributed by atoms with Gasteiger partial charge in [0.1, 0.15) is 12.4 Å². The second kappa shape index (κ2) is 23.0. The van der Waals surface area contributed by atoms with Gasteiger partial charge >= 0.3 is 18.8 Å². The Morgan fingerprint density at radius 3 is 1.95 bits per heavy atom. The van der Waals surface area contributed by atoms with Crippen LogP contribution in [0.25, 0.3) is 11.3 Å². The van der Waals surface area contributed by atoms with Crippen LogP contribution < -0.4 is 33.0 Å². The van der Waals surface area contributed by atoms with Crippen LogP contribution in [0.2, 0.25) is 0 Å². The Bertz CT molecular complexity index is 1980. The summed E-state index contributed by atoms with van der Waals surface area (Å²) in [5.74, 6) is -3.43. The van der Waals surface area contributed by atoms with Gasteiger partial charge in [-0.3, -0.25) is 29.2 Å². The molecule has 21 heteroatoms. The first-order valence-electron chi connectivity index (χ1n) is 15.8. The smallest absolute Gasteiger partial charge is 0.483 e. The average molecular weight is 797 g/mol. The fourth-order valence-electron chi connectivity index (χ4n) is 4.26. The summed E-state index contributed by atoms with van der Waals surface area (Å²) in [7, 11) is 0. The lowest BCUT2D eigenvalue weighted by molar-refractivity contribution is -0.192. The fraction of sp³-hybridized carbons (Fsp3) is 0.229. The number of anilines is 2. The Balaban J connectivity index is 0.000000961. The average Bonchev–Trinajstić information content (AvgIpc) is 3.11. The van der Waals surface area contributed by atoms with E-state index in [2.05, 4.69) is 20.9 Å². The van der Waals surface area contributed by atoms with Crippen molar-refractivity contribution in [3.05, 3.63) is 112 Å². The Morgan fingerprint density at radius 1 is 0.929 bits per heavy atom. The number of nitrogens with one attached hydrogen (secondary N) is 4. The van der Waals surface area contributed by atoms with E-state index in [0.717, 1.165) is 11.1 Å². The second-order valence-corrected chi connectivity index (χ2v) is 11.2. The molecule has 4 aromatic rings. The number of alkyl halides is 6. The van der Waals surface area contributed by atoms with Crippen LogP contribution in [-0.2, 0) is 34.0 Å². The van der Waals surface area contributed by atoms with Crippen LogP contribution in [-0.4, -0.2) is 68.8 Å². The number of nitrogens with zero attached hydrogens (tertiary/aromatic N) is 2. The van der Waals surface area contributed by atoms with Gasteiger partial charge in [0.05, 0.1) is 11.9 Å². The van der Waals surface area contributed by atoms with Gasteiger partial charge in [0.15, 0.2) is 5.82 Å². The Hall–Kier alpha value is -6.93. The molecule has 0 saturated carbocycles. The molecule has 0 atom stereocenters. The molecule has 15 nitrogen and oxygen atoms in total. The molecule has 3 aromatic carbocycles. The quantitative estimate of drug-likeness (QED) is 0.0348.